The molecule has 1 N–H and O–H groups in total. The van der Waals surface area contributed by atoms with Gasteiger partial charge in [-0.25, -0.2) is 4.79 Å². The predicted molar refractivity (Wildman–Crippen MR) is 71.6 cm³/mol. The summed E-state index contributed by atoms with van der Waals surface area (Å²) in [6.45, 7) is 2.88. The Morgan fingerprint density at radius 2 is 2.53 bits per heavy atom. The average molecular weight is 266 g/mol. The van der Waals surface area contributed by atoms with Gasteiger partial charge in [-0.1, -0.05) is 0 Å². The first-order chi connectivity index (χ1) is 9.15. The molecule has 1 aliphatic heterocycles. The van der Waals surface area contributed by atoms with E-state index in [1.165, 1.54) is 0 Å². The maximum Gasteiger partial charge on any atom is 0.317 e. The molecule has 6 nitrogen and oxygen atoms in total. The quantitative estimate of drug-likeness (QED) is 0.884. The Morgan fingerprint density at radius 1 is 1.68 bits per heavy atom. The molecule has 2 amide bonds. The number of nitrogens with zero attached hydrogens (tertiary/aromatic N) is 3. The topological polar surface area (TPSA) is 59.4 Å². The van der Waals surface area contributed by atoms with E-state index in [0.717, 1.165) is 38.2 Å². The van der Waals surface area contributed by atoms with Crippen molar-refractivity contribution in [3.05, 3.63) is 18.0 Å². The molecule has 0 bridgehead atoms. The number of hydrogen-bond donors (Lipinski definition) is 1. The van der Waals surface area contributed by atoms with Crippen LogP contribution in [0.5, 0.6) is 0 Å². The second-order valence-electron chi connectivity index (χ2n) is 5.14. The van der Waals surface area contributed by atoms with Crippen LogP contribution in [0.3, 0.4) is 0 Å². The Hall–Kier alpha value is -1.56. The van der Waals surface area contributed by atoms with Gasteiger partial charge in [0, 0.05) is 51.5 Å². The summed E-state index contributed by atoms with van der Waals surface area (Å²) in [4.78, 5) is 13.7. The summed E-state index contributed by atoms with van der Waals surface area (Å²) in [6, 6.07) is -0.0468. The molecule has 0 radical (unpaired) electrons. The lowest BCUT2D eigenvalue weighted by Crippen LogP contribution is -2.41. The minimum absolute atomic E-state index is 0.0468. The molecule has 19 heavy (non-hydrogen) atoms. The van der Waals surface area contributed by atoms with Crippen molar-refractivity contribution < 1.29 is 9.53 Å². The molecule has 2 rings (SSSR count). The third-order valence-electron chi connectivity index (χ3n) is 3.34. The van der Waals surface area contributed by atoms with Crippen LogP contribution in [-0.2, 0) is 18.3 Å². The molecule has 1 saturated heterocycles. The Labute approximate surface area is 113 Å². The first-order valence-electron chi connectivity index (χ1n) is 6.69. The van der Waals surface area contributed by atoms with Gasteiger partial charge in [0.25, 0.3) is 0 Å². The van der Waals surface area contributed by atoms with Gasteiger partial charge in [-0.3, -0.25) is 4.68 Å². The van der Waals surface area contributed by atoms with Crippen LogP contribution in [0.1, 0.15) is 18.4 Å². The molecule has 1 atom stereocenters. The Kier molecular flexibility index (Phi) is 4.79. The fraction of sp³-hybridized carbons (Fsp3) is 0.692. The van der Waals surface area contributed by atoms with Crippen molar-refractivity contribution in [2.24, 2.45) is 13.0 Å². The van der Waals surface area contributed by atoms with Crippen LogP contribution >= 0.6 is 0 Å². The van der Waals surface area contributed by atoms with Crippen LogP contribution in [0.2, 0.25) is 0 Å². The summed E-state index contributed by atoms with van der Waals surface area (Å²) in [5, 5.41) is 6.96. The fourth-order valence-electron chi connectivity index (χ4n) is 2.30. The minimum Gasteiger partial charge on any atom is -0.381 e. The van der Waals surface area contributed by atoms with E-state index in [9.17, 15) is 4.79 Å². The molecular weight excluding hydrogens is 244 g/mol. The van der Waals surface area contributed by atoms with Gasteiger partial charge in [-0.05, 0) is 12.8 Å². The van der Waals surface area contributed by atoms with Crippen molar-refractivity contribution in [2.75, 3.05) is 26.8 Å². The van der Waals surface area contributed by atoms with Crippen molar-refractivity contribution >= 4 is 6.03 Å². The number of amides is 2. The van der Waals surface area contributed by atoms with Gasteiger partial charge in [0.2, 0.25) is 0 Å². The molecule has 1 aromatic heterocycles. The number of carbonyl (C=O) groups excluding carboxylic acids is 1. The van der Waals surface area contributed by atoms with Crippen molar-refractivity contribution in [2.45, 2.75) is 19.4 Å². The highest BCUT2D eigenvalue weighted by atomic mass is 16.5. The molecule has 106 valence electrons. The SMILES string of the molecule is CN(CC1CCCOC1)C(=O)NCc1cnn(C)c1. The van der Waals surface area contributed by atoms with Crippen molar-refractivity contribution in [1.82, 2.24) is 20.0 Å². The van der Waals surface area contributed by atoms with Crippen molar-refractivity contribution in [1.29, 1.82) is 0 Å². The monoisotopic (exact) mass is 266 g/mol. The number of aromatic nitrogens is 2. The molecule has 0 aliphatic carbocycles. The molecule has 0 saturated carbocycles. The summed E-state index contributed by atoms with van der Waals surface area (Å²) >= 11 is 0. The average Bonchev–Trinajstić information content (AvgIpc) is 2.83. The molecule has 0 spiro atoms. The summed E-state index contributed by atoms with van der Waals surface area (Å²) in [5.41, 5.74) is 1.00. The molecule has 1 fully saturated rings. The van der Waals surface area contributed by atoms with E-state index in [-0.39, 0.29) is 6.03 Å². The highest BCUT2D eigenvalue weighted by Crippen LogP contribution is 2.14. The normalized spacial score (nSPS) is 19.2. The first kappa shape index (κ1) is 13.9. The van der Waals surface area contributed by atoms with Gasteiger partial charge in [0.05, 0.1) is 12.8 Å². The molecule has 1 unspecified atom stereocenters. The lowest BCUT2D eigenvalue weighted by atomic mass is 10.0. The maximum absolute atomic E-state index is 11.9. The van der Waals surface area contributed by atoms with Crippen LogP contribution < -0.4 is 5.32 Å². The van der Waals surface area contributed by atoms with Crippen LogP contribution in [0.4, 0.5) is 4.79 Å². The maximum atomic E-state index is 11.9. The fourth-order valence-corrected chi connectivity index (χ4v) is 2.30. The van der Waals surface area contributed by atoms with Crippen molar-refractivity contribution in [3.63, 3.8) is 0 Å². The number of ether oxygens (including phenoxy) is 1. The van der Waals surface area contributed by atoms with Gasteiger partial charge in [0.1, 0.15) is 0 Å². The second-order valence-corrected chi connectivity index (χ2v) is 5.14. The van der Waals surface area contributed by atoms with Gasteiger partial charge in [0.15, 0.2) is 0 Å². The first-order valence-corrected chi connectivity index (χ1v) is 6.69. The summed E-state index contributed by atoms with van der Waals surface area (Å²) in [6.07, 6.45) is 5.89. The third-order valence-corrected chi connectivity index (χ3v) is 3.34. The highest BCUT2D eigenvalue weighted by molar-refractivity contribution is 5.73. The van der Waals surface area contributed by atoms with Crippen LogP contribution in [0, 0.1) is 5.92 Å². The summed E-state index contributed by atoms with van der Waals surface area (Å²) < 4.78 is 7.15. The smallest absolute Gasteiger partial charge is 0.317 e. The van der Waals surface area contributed by atoms with Crippen molar-refractivity contribution in [3.8, 4) is 0 Å². The standard InChI is InChI=1S/C13H22N4O2/c1-16(8-11-4-3-5-19-10-11)13(18)14-6-12-7-15-17(2)9-12/h7,9,11H,3-6,8,10H2,1-2H3,(H,14,18). The van der Waals surface area contributed by atoms with E-state index < -0.39 is 0 Å². The Bertz CT molecular complexity index is 413. The highest BCUT2D eigenvalue weighted by Gasteiger charge is 2.18. The van der Waals surface area contributed by atoms with E-state index in [4.69, 9.17) is 4.74 Å². The van der Waals surface area contributed by atoms with Gasteiger partial charge < -0.3 is 15.0 Å². The van der Waals surface area contributed by atoms with Crippen LogP contribution in [-0.4, -0.2) is 47.5 Å². The summed E-state index contributed by atoms with van der Waals surface area (Å²) in [5.74, 6) is 0.461. The van der Waals surface area contributed by atoms with E-state index in [0.29, 0.717) is 12.5 Å². The zero-order valence-electron chi connectivity index (χ0n) is 11.6. The van der Waals surface area contributed by atoms with Gasteiger partial charge in [-0.15, -0.1) is 0 Å². The number of carbonyl (C=O) groups is 1. The minimum atomic E-state index is -0.0468. The van der Waals surface area contributed by atoms with Gasteiger partial charge in [-0.2, -0.15) is 5.10 Å². The van der Waals surface area contributed by atoms with Crippen LogP contribution in [0.25, 0.3) is 0 Å². The largest absolute Gasteiger partial charge is 0.381 e. The van der Waals surface area contributed by atoms with Crippen LogP contribution in [0.15, 0.2) is 12.4 Å². The molecule has 0 aromatic carbocycles. The summed E-state index contributed by atoms with van der Waals surface area (Å²) in [7, 11) is 3.69. The lowest BCUT2D eigenvalue weighted by molar-refractivity contribution is 0.0457. The molecule has 6 heteroatoms. The molecular formula is C13H22N4O2. The molecule has 1 aromatic rings. The molecule has 2 heterocycles. The Morgan fingerprint density at radius 3 is 3.16 bits per heavy atom. The molecule has 1 aliphatic rings. The number of rotatable bonds is 4. The van der Waals surface area contributed by atoms with E-state index in [2.05, 4.69) is 10.4 Å². The number of hydrogen-bond acceptors (Lipinski definition) is 3. The van der Waals surface area contributed by atoms with E-state index in [1.807, 2.05) is 20.3 Å². The predicted octanol–water partition coefficient (Wildman–Crippen LogP) is 0.988. The number of aryl methyl sites for hydroxylation is 1. The van der Waals surface area contributed by atoms with E-state index >= 15 is 0 Å². The lowest BCUT2D eigenvalue weighted by Gasteiger charge is -2.27. The van der Waals surface area contributed by atoms with E-state index in [1.54, 1.807) is 15.8 Å². The zero-order chi connectivity index (χ0) is 13.7. The number of urea groups is 1. The number of nitrogens with one attached hydrogen (secondary N) is 1. The second kappa shape index (κ2) is 6.56. The van der Waals surface area contributed by atoms with Gasteiger partial charge >= 0.3 is 6.03 Å². The zero-order valence-corrected chi connectivity index (χ0v) is 11.6. The third kappa shape index (κ3) is 4.24. The Balaban J connectivity index is 1.72.